The lowest BCUT2D eigenvalue weighted by Crippen LogP contribution is -2.05. The third kappa shape index (κ3) is 4.16. The molecule has 4 rings (SSSR count). The predicted molar refractivity (Wildman–Crippen MR) is 118 cm³/mol. The van der Waals surface area contributed by atoms with Crippen molar-refractivity contribution in [2.75, 3.05) is 6.61 Å². The van der Waals surface area contributed by atoms with Crippen LogP contribution in [0, 0.1) is 0 Å². The van der Waals surface area contributed by atoms with Gasteiger partial charge in [0.25, 0.3) is 0 Å². The molecule has 0 saturated heterocycles. The molecule has 4 nitrogen and oxygen atoms in total. The molecule has 0 unspecified atom stereocenters. The molecule has 0 aliphatic heterocycles. The Hall–Kier alpha value is -2.95. The first-order valence-corrected chi connectivity index (χ1v) is 10.2. The Morgan fingerprint density at radius 2 is 1.80 bits per heavy atom. The van der Waals surface area contributed by atoms with Gasteiger partial charge >= 0.3 is 5.97 Å². The number of fused-ring (bicyclic) bond motifs is 1. The van der Waals surface area contributed by atoms with Gasteiger partial charge in [-0.3, -0.25) is 0 Å². The zero-order valence-electron chi connectivity index (χ0n) is 16.2. The van der Waals surface area contributed by atoms with Crippen molar-refractivity contribution in [1.82, 2.24) is 0 Å². The van der Waals surface area contributed by atoms with Gasteiger partial charge in [-0.1, -0.05) is 59.6 Å². The van der Waals surface area contributed by atoms with Crippen LogP contribution >= 0.6 is 23.2 Å². The third-order valence-corrected chi connectivity index (χ3v) is 5.17. The average molecular weight is 441 g/mol. The molecule has 1 aromatic heterocycles. The molecule has 0 atom stereocenters. The fourth-order valence-corrected chi connectivity index (χ4v) is 3.63. The number of carbonyl (C=O) groups excluding carboxylic acids is 1. The summed E-state index contributed by atoms with van der Waals surface area (Å²) >= 11 is 12.2. The molecule has 0 bridgehead atoms. The van der Waals surface area contributed by atoms with Crippen molar-refractivity contribution < 1.29 is 18.7 Å². The van der Waals surface area contributed by atoms with E-state index in [9.17, 15) is 4.79 Å². The highest BCUT2D eigenvalue weighted by Gasteiger charge is 2.23. The highest BCUT2D eigenvalue weighted by Crippen LogP contribution is 2.36. The normalized spacial score (nSPS) is 10.9. The van der Waals surface area contributed by atoms with E-state index >= 15 is 0 Å². The second kappa shape index (κ2) is 8.82. The van der Waals surface area contributed by atoms with Gasteiger partial charge in [0.2, 0.25) is 0 Å². The summed E-state index contributed by atoms with van der Waals surface area (Å²) in [7, 11) is 0. The molecule has 0 aliphatic carbocycles. The smallest absolute Gasteiger partial charge is 0.342 e. The minimum Gasteiger partial charge on any atom is -0.489 e. The van der Waals surface area contributed by atoms with Crippen LogP contribution in [0.3, 0.4) is 0 Å². The van der Waals surface area contributed by atoms with E-state index in [1.54, 1.807) is 37.3 Å². The van der Waals surface area contributed by atoms with Crippen LogP contribution in [-0.4, -0.2) is 12.6 Å². The fourth-order valence-electron chi connectivity index (χ4n) is 3.17. The summed E-state index contributed by atoms with van der Waals surface area (Å²) in [5, 5.41) is 1.73. The van der Waals surface area contributed by atoms with Gasteiger partial charge in [0, 0.05) is 26.6 Å². The molecule has 0 aliphatic rings. The maximum atomic E-state index is 12.7. The highest BCUT2D eigenvalue weighted by atomic mass is 35.5. The molecule has 0 saturated carbocycles. The topological polar surface area (TPSA) is 48.7 Å². The van der Waals surface area contributed by atoms with Crippen LogP contribution in [0.5, 0.6) is 5.75 Å². The second-order valence-corrected chi connectivity index (χ2v) is 7.42. The number of benzene rings is 3. The quantitative estimate of drug-likeness (QED) is 0.298. The molecular formula is C24H18Cl2O4. The van der Waals surface area contributed by atoms with Gasteiger partial charge in [-0.25, -0.2) is 4.79 Å². The van der Waals surface area contributed by atoms with E-state index in [1.165, 1.54) is 0 Å². The standard InChI is InChI=1S/C24H18Cl2O4/c1-2-28-24(27)22-19-13-18(29-14-16-8-9-17(25)12-20(16)26)10-11-21(19)30-23(22)15-6-4-3-5-7-15/h3-13H,2,14H2,1H3. The van der Waals surface area contributed by atoms with Gasteiger partial charge in [0.15, 0.2) is 0 Å². The first-order valence-electron chi connectivity index (χ1n) is 9.42. The molecule has 1 heterocycles. The summed E-state index contributed by atoms with van der Waals surface area (Å²) in [6, 6.07) is 20.1. The molecular weight excluding hydrogens is 423 g/mol. The maximum absolute atomic E-state index is 12.7. The Kier molecular flexibility index (Phi) is 5.98. The van der Waals surface area contributed by atoms with E-state index in [1.807, 2.05) is 36.4 Å². The molecule has 0 amide bonds. The van der Waals surface area contributed by atoms with Gasteiger partial charge in [-0.05, 0) is 37.3 Å². The number of esters is 1. The minimum atomic E-state index is -0.437. The molecule has 152 valence electrons. The summed E-state index contributed by atoms with van der Waals surface area (Å²) < 4.78 is 17.2. The van der Waals surface area contributed by atoms with Crippen molar-refractivity contribution in [3.05, 3.63) is 87.9 Å². The number of ether oxygens (including phenoxy) is 2. The monoisotopic (exact) mass is 440 g/mol. The van der Waals surface area contributed by atoms with Crippen molar-refractivity contribution in [2.45, 2.75) is 13.5 Å². The Bertz CT molecular complexity index is 1200. The molecule has 3 aromatic carbocycles. The minimum absolute atomic E-state index is 0.264. The largest absolute Gasteiger partial charge is 0.489 e. The summed E-state index contributed by atoms with van der Waals surface area (Å²) in [6.45, 7) is 2.30. The van der Waals surface area contributed by atoms with E-state index < -0.39 is 5.97 Å². The molecule has 6 heteroatoms. The Labute approximate surface area is 183 Å². The molecule has 0 N–H and O–H groups in total. The van der Waals surface area contributed by atoms with Crippen LogP contribution in [-0.2, 0) is 11.3 Å². The van der Waals surface area contributed by atoms with Crippen molar-refractivity contribution in [1.29, 1.82) is 0 Å². The number of halogens is 2. The van der Waals surface area contributed by atoms with Gasteiger partial charge in [0.05, 0.1) is 6.61 Å². The van der Waals surface area contributed by atoms with E-state index in [0.717, 1.165) is 11.1 Å². The van der Waals surface area contributed by atoms with Gasteiger partial charge < -0.3 is 13.9 Å². The lowest BCUT2D eigenvalue weighted by molar-refractivity contribution is 0.0529. The van der Waals surface area contributed by atoms with Gasteiger partial charge in [-0.15, -0.1) is 0 Å². The molecule has 0 radical (unpaired) electrons. The van der Waals surface area contributed by atoms with Crippen LogP contribution in [0.25, 0.3) is 22.3 Å². The number of carbonyl (C=O) groups is 1. The summed E-state index contributed by atoms with van der Waals surface area (Å²) in [6.07, 6.45) is 0. The molecule has 0 spiro atoms. The summed E-state index contributed by atoms with van der Waals surface area (Å²) in [5.74, 6) is 0.620. The lowest BCUT2D eigenvalue weighted by atomic mass is 10.1. The number of hydrogen-bond acceptors (Lipinski definition) is 4. The van der Waals surface area contributed by atoms with E-state index in [4.69, 9.17) is 37.1 Å². The van der Waals surface area contributed by atoms with Crippen molar-refractivity contribution in [3.8, 4) is 17.1 Å². The first-order chi connectivity index (χ1) is 14.6. The molecule has 30 heavy (non-hydrogen) atoms. The number of furan rings is 1. The Balaban J connectivity index is 1.72. The summed E-state index contributed by atoms with van der Waals surface area (Å²) in [4.78, 5) is 12.7. The molecule has 0 fully saturated rings. The van der Waals surface area contributed by atoms with Crippen LogP contribution in [0.4, 0.5) is 0 Å². The predicted octanol–water partition coefficient (Wildman–Crippen LogP) is 7.16. The Morgan fingerprint density at radius 3 is 2.53 bits per heavy atom. The molecule has 4 aromatic rings. The van der Waals surface area contributed by atoms with Crippen LogP contribution in [0.2, 0.25) is 10.0 Å². The van der Waals surface area contributed by atoms with Crippen LogP contribution in [0.15, 0.2) is 71.1 Å². The van der Waals surface area contributed by atoms with E-state index in [0.29, 0.717) is 38.1 Å². The highest BCUT2D eigenvalue weighted by molar-refractivity contribution is 6.35. The van der Waals surface area contributed by atoms with Crippen molar-refractivity contribution >= 4 is 40.1 Å². The van der Waals surface area contributed by atoms with Crippen molar-refractivity contribution in [3.63, 3.8) is 0 Å². The first kappa shape index (κ1) is 20.3. The van der Waals surface area contributed by atoms with Crippen LogP contribution in [0.1, 0.15) is 22.8 Å². The van der Waals surface area contributed by atoms with Crippen molar-refractivity contribution in [2.24, 2.45) is 0 Å². The zero-order valence-corrected chi connectivity index (χ0v) is 17.7. The third-order valence-electron chi connectivity index (χ3n) is 4.58. The Morgan fingerprint density at radius 1 is 1.00 bits per heavy atom. The SMILES string of the molecule is CCOC(=O)c1c(-c2ccccc2)oc2ccc(OCc3ccc(Cl)cc3Cl)cc12. The summed E-state index contributed by atoms with van der Waals surface area (Å²) in [5.41, 5.74) is 2.57. The average Bonchev–Trinajstić information content (AvgIpc) is 3.13. The maximum Gasteiger partial charge on any atom is 0.342 e. The fraction of sp³-hybridized carbons (Fsp3) is 0.125. The zero-order chi connectivity index (χ0) is 21.1. The number of hydrogen-bond donors (Lipinski definition) is 0. The number of rotatable bonds is 6. The lowest BCUT2D eigenvalue weighted by Gasteiger charge is -2.08. The van der Waals surface area contributed by atoms with E-state index in [2.05, 4.69) is 0 Å². The van der Waals surface area contributed by atoms with Gasteiger partial charge in [-0.2, -0.15) is 0 Å². The van der Waals surface area contributed by atoms with Crippen LogP contribution < -0.4 is 4.74 Å². The second-order valence-electron chi connectivity index (χ2n) is 6.58. The van der Waals surface area contributed by atoms with Gasteiger partial charge in [0.1, 0.15) is 29.3 Å². The van der Waals surface area contributed by atoms with E-state index in [-0.39, 0.29) is 13.2 Å².